The molecule has 0 atom stereocenters. The number of ether oxygens (including phenoxy) is 2. The molecule has 0 radical (unpaired) electrons. The van der Waals surface area contributed by atoms with E-state index < -0.39 is 0 Å². The molecule has 3 aromatic carbocycles. The predicted octanol–water partition coefficient (Wildman–Crippen LogP) is 7.25. The molecular weight excluding hydrogens is 445 g/mol. The lowest BCUT2D eigenvalue weighted by molar-refractivity contribution is 0.269. The molecule has 7 heteroatoms. The molecule has 0 aliphatic heterocycles. The molecule has 4 nitrogen and oxygen atoms in total. The molecule has 0 saturated carbocycles. The van der Waals surface area contributed by atoms with Gasteiger partial charge in [-0.3, -0.25) is 0 Å². The van der Waals surface area contributed by atoms with Gasteiger partial charge in [-0.2, -0.15) is 0 Å². The first kappa shape index (κ1) is 22.4. The van der Waals surface area contributed by atoms with Crippen molar-refractivity contribution in [2.45, 2.75) is 27.0 Å². The summed E-state index contributed by atoms with van der Waals surface area (Å²) in [7, 11) is 0. The Kier molecular flexibility index (Phi) is 7.59. The predicted molar refractivity (Wildman–Crippen MR) is 124 cm³/mol. The second kappa shape index (κ2) is 10.2. The summed E-state index contributed by atoms with van der Waals surface area (Å²) in [5, 5.41) is 13.8. The summed E-state index contributed by atoms with van der Waals surface area (Å²) in [5.74, 6) is 1.06. The molecule has 30 heavy (non-hydrogen) atoms. The number of hydrogen-bond donors (Lipinski definition) is 2. The Bertz CT molecular complexity index is 1020. The number of rotatable bonds is 8. The Morgan fingerprint density at radius 2 is 1.60 bits per heavy atom. The van der Waals surface area contributed by atoms with Crippen LogP contribution in [-0.4, -0.2) is 11.7 Å². The fourth-order valence-corrected chi connectivity index (χ4v) is 3.63. The van der Waals surface area contributed by atoms with E-state index >= 15 is 0 Å². The van der Waals surface area contributed by atoms with Crippen molar-refractivity contribution in [3.05, 3.63) is 80.3 Å². The van der Waals surface area contributed by atoms with Gasteiger partial charge in [0.1, 0.15) is 6.61 Å². The minimum atomic E-state index is -0.143. The number of aromatic hydroxyl groups is 1. The van der Waals surface area contributed by atoms with Crippen molar-refractivity contribution in [2.24, 2.45) is 0 Å². The zero-order chi connectivity index (χ0) is 21.7. The quantitative estimate of drug-likeness (QED) is 0.343. The monoisotopic (exact) mass is 465 g/mol. The first-order valence-electron chi connectivity index (χ1n) is 9.42. The maximum Gasteiger partial charge on any atom is 0.163 e. The lowest BCUT2D eigenvalue weighted by atomic mass is 10.1. The maximum absolute atomic E-state index is 9.69. The van der Waals surface area contributed by atoms with E-state index in [0.29, 0.717) is 42.0 Å². The molecule has 0 fully saturated rings. The molecule has 0 heterocycles. The summed E-state index contributed by atoms with van der Waals surface area (Å²) in [4.78, 5) is 0. The SMILES string of the molecule is CCOc1cc(CNc2cc(Cl)c(O)c(Cl)c2)c(Cl)cc1OCc1cccc(C)c1. The molecule has 0 unspecified atom stereocenters. The van der Waals surface area contributed by atoms with Crippen molar-refractivity contribution in [3.8, 4) is 17.2 Å². The fraction of sp³-hybridized carbons (Fsp3) is 0.217. The summed E-state index contributed by atoms with van der Waals surface area (Å²) < 4.78 is 11.7. The van der Waals surface area contributed by atoms with Crippen LogP contribution in [0.2, 0.25) is 15.1 Å². The number of anilines is 1. The lowest BCUT2D eigenvalue weighted by Gasteiger charge is -2.16. The molecular formula is C23H22Cl3NO3. The van der Waals surface area contributed by atoms with Gasteiger partial charge in [0.25, 0.3) is 0 Å². The first-order chi connectivity index (χ1) is 14.4. The molecule has 0 aliphatic rings. The van der Waals surface area contributed by atoms with E-state index in [1.54, 1.807) is 18.2 Å². The largest absolute Gasteiger partial charge is 0.505 e. The smallest absolute Gasteiger partial charge is 0.163 e. The molecule has 0 aromatic heterocycles. The number of aryl methyl sites for hydroxylation is 1. The number of nitrogens with one attached hydrogen (secondary N) is 1. The number of phenols is 1. The first-order valence-corrected chi connectivity index (χ1v) is 10.6. The van der Waals surface area contributed by atoms with Crippen molar-refractivity contribution in [2.75, 3.05) is 11.9 Å². The van der Waals surface area contributed by atoms with Crippen molar-refractivity contribution in [1.29, 1.82) is 0 Å². The number of hydrogen-bond acceptors (Lipinski definition) is 4. The number of benzene rings is 3. The van der Waals surface area contributed by atoms with Crippen LogP contribution in [-0.2, 0) is 13.2 Å². The van der Waals surface area contributed by atoms with Crippen molar-refractivity contribution in [3.63, 3.8) is 0 Å². The van der Waals surface area contributed by atoms with E-state index in [1.165, 1.54) is 5.56 Å². The van der Waals surface area contributed by atoms with Crippen LogP contribution < -0.4 is 14.8 Å². The van der Waals surface area contributed by atoms with Gasteiger partial charge in [0.15, 0.2) is 17.2 Å². The van der Waals surface area contributed by atoms with Crippen LogP contribution in [0.5, 0.6) is 17.2 Å². The van der Waals surface area contributed by atoms with Gasteiger partial charge in [-0.05, 0) is 43.2 Å². The molecule has 0 spiro atoms. The average molecular weight is 467 g/mol. The Morgan fingerprint density at radius 1 is 0.900 bits per heavy atom. The van der Waals surface area contributed by atoms with E-state index in [0.717, 1.165) is 11.1 Å². The number of halogens is 3. The van der Waals surface area contributed by atoms with Gasteiger partial charge in [0, 0.05) is 23.3 Å². The highest BCUT2D eigenvalue weighted by Crippen LogP contribution is 2.37. The van der Waals surface area contributed by atoms with Gasteiger partial charge >= 0.3 is 0 Å². The lowest BCUT2D eigenvalue weighted by Crippen LogP contribution is -2.04. The zero-order valence-electron chi connectivity index (χ0n) is 16.6. The fourth-order valence-electron chi connectivity index (χ4n) is 2.92. The van der Waals surface area contributed by atoms with Crippen LogP contribution >= 0.6 is 34.8 Å². The van der Waals surface area contributed by atoms with Crippen molar-refractivity contribution >= 4 is 40.5 Å². The van der Waals surface area contributed by atoms with E-state index in [2.05, 4.69) is 11.4 Å². The number of phenolic OH excluding ortho intramolecular Hbond substituents is 1. The Hall–Kier alpha value is -2.27. The van der Waals surface area contributed by atoms with Crippen LogP contribution in [0.15, 0.2) is 48.5 Å². The van der Waals surface area contributed by atoms with Crippen LogP contribution in [0, 0.1) is 6.92 Å². The summed E-state index contributed by atoms with van der Waals surface area (Å²) in [6.45, 7) is 5.28. The topological polar surface area (TPSA) is 50.7 Å². The molecule has 3 rings (SSSR count). The third-order valence-electron chi connectivity index (χ3n) is 4.39. The van der Waals surface area contributed by atoms with Crippen LogP contribution in [0.25, 0.3) is 0 Å². The highest BCUT2D eigenvalue weighted by molar-refractivity contribution is 6.37. The van der Waals surface area contributed by atoms with Gasteiger partial charge in [-0.15, -0.1) is 0 Å². The maximum atomic E-state index is 9.69. The molecule has 0 saturated heterocycles. The van der Waals surface area contributed by atoms with Crippen LogP contribution in [0.3, 0.4) is 0 Å². The summed E-state index contributed by atoms with van der Waals surface area (Å²) >= 11 is 18.4. The second-order valence-electron chi connectivity index (χ2n) is 6.74. The van der Waals surface area contributed by atoms with Gasteiger partial charge in [0.05, 0.1) is 16.7 Å². The molecule has 0 aliphatic carbocycles. The molecule has 0 amide bonds. The van der Waals surface area contributed by atoms with Gasteiger partial charge in [-0.25, -0.2) is 0 Å². The zero-order valence-corrected chi connectivity index (χ0v) is 18.9. The van der Waals surface area contributed by atoms with Gasteiger partial charge < -0.3 is 19.9 Å². The standard InChI is InChI=1S/C23H22Cl3NO3/c1-3-29-21-8-16(12-27-17-9-19(25)23(28)20(26)10-17)18(24)11-22(21)30-13-15-6-4-5-14(2)7-15/h4-11,27-28H,3,12-13H2,1-2H3. The van der Waals surface area contributed by atoms with E-state index in [-0.39, 0.29) is 15.8 Å². The highest BCUT2D eigenvalue weighted by atomic mass is 35.5. The highest BCUT2D eigenvalue weighted by Gasteiger charge is 2.13. The van der Waals surface area contributed by atoms with Gasteiger partial charge in [-0.1, -0.05) is 64.6 Å². The van der Waals surface area contributed by atoms with Crippen molar-refractivity contribution < 1.29 is 14.6 Å². The second-order valence-corrected chi connectivity index (χ2v) is 7.96. The average Bonchev–Trinajstić information content (AvgIpc) is 2.71. The van der Waals surface area contributed by atoms with Gasteiger partial charge in [0.2, 0.25) is 0 Å². The Morgan fingerprint density at radius 3 is 2.27 bits per heavy atom. The summed E-state index contributed by atoms with van der Waals surface area (Å²) in [6, 6.07) is 14.9. The molecule has 3 aromatic rings. The Balaban J connectivity index is 1.76. The van der Waals surface area contributed by atoms with Crippen LogP contribution in [0.4, 0.5) is 5.69 Å². The minimum absolute atomic E-state index is 0.143. The third kappa shape index (κ3) is 5.66. The van der Waals surface area contributed by atoms with E-state index in [9.17, 15) is 5.11 Å². The molecule has 2 N–H and O–H groups in total. The van der Waals surface area contributed by atoms with E-state index in [4.69, 9.17) is 44.3 Å². The summed E-state index contributed by atoms with van der Waals surface area (Å²) in [6.07, 6.45) is 0. The third-order valence-corrected chi connectivity index (χ3v) is 5.32. The normalized spacial score (nSPS) is 10.7. The summed E-state index contributed by atoms with van der Waals surface area (Å²) in [5.41, 5.74) is 3.73. The van der Waals surface area contributed by atoms with E-state index in [1.807, 2.05) is 38.1 Å². The molecule has 0 bridgehead atoms. The van der Waals surface area contributed by atoms with Crippen molar-refractivity contribution in [1.82, 2.24) is 0 Å². The van der Waals surface area contributed by atoms with Crippen LogP contribution in [0.1, 0.15) is 23.6 Å². The Labute approximate surface area is 191 Å². The minimum Gasteiger partial charge on any atom is -0.505 e. The molecule has 158 valence electrons.